The number of hydrogen-bond acceptors (Lipinski definition) is 5. The fourth-order valence-electron chi connectivity index (χ4n) is 1.80. The van der Waals surface area contributed by atoms with E-state index in [1.165, 1.54) is 7.11 Å². The van der Waals surface area contributed by atoms with Gasteiger partial charge in [0, 0.05) is 33.4 Å². The van der Waals surface area contributed by atoms with E-state index in [2.05, 4.69) is 5.32 Å². The van der Waals surface area contributed by atoms with Crippen LogP contribution in [0.25, 0.3) is 0 Å². The zero-order valence-corrected chi connectivity index (χ0v) is 14.2. The topological polar surface area (TPSA) is 79.0 Å². The van der Waals surface area contributed by atoms with Gasteiger partial charge in [0.15, 0.2) is 0 Å². The predicted octanol–water partition coefficient (Wildman–Crippen LogP) is 0.281. The van der Waals surface area contributed by atoms with E-state index in [0.29, 0.717) is 18.8 Å². The molecule has 1 aromatic carbocycles. The Morgan fingerprint density at radius 1 is 1.18 bits per heavy atom. The zero-order chi connectivity index (χ0) is 16.8. The summed E-state index contributed by atoms with van der Waals surface area (Å²) in [4.78, 5) is 13.8. The third-order valence-electron chi connectivity index (χ3n) is 2.97. The first-order valence-electron chi connectivity index (χ1n) is 6.76. The lowest BCUT2D eigenvalue weighted by Crippen LogP contribution is -2.41. The van der Waals surface area contributed by atoms with Gasteiger partial charge in [0.25, 0.3) is 0 Å². The molecule has 1 aromatic rings. The van der Waals surface area contributed by atoms with Crippen LogP contribution < -0.4 is 14.5 Å². The Labute approximate surface area is 131 Å². The van der Waals surface area contributed by atoms with Gasteiger partial charge in [0.2, 0.25) is 15.9 Å². The summed E-state index contributed by atoms with van der Waals surface area (Å²) in [6, 6.07) is 6.96. The summed E-state index contributed by atoms with van der Waals surface area (Å²) in [6.07, 6.45) is 1.08. The Morgan fingerprint density at radius 3 is 2.18 bits per heavy atom. The summed E-state index contributed by atoms with van der Waals surface area (Å²) in [5.74, 6) is -0.376. The van der Waals surface area contributed by atoms with Crippen molar-refractivity contribution in [2.24, 2.45) is 0 Å². The molecule has 0 heterocycles. The van der Waals surface area contributed by atoms with Crippen LogP contribution in [0.5, 0.6) is 0 Å². The van der Waals surface area contributed by atoms with E-state index in [1.807, 2.05) is 19.0 Å². The number of methoxy groups -OCH3 is 1. The number of carbonyl (C=O) groups excluding carboxylic acids is 1. The first-order chi connectivity index (χ1) is 10.3. The molecule has 22 heavy (non-hydrogen) atoms. The van der Waals surface area contributed by atoms with Crippen LogP contribution in [-0.4, -0.2) is 61.5 Å². The zero-order valence-electron chi connectivity index (χ0n) is 13.4. The van der Waals surface area contributed by atoms with E-state index in [-0.39, 0.29) is 12.5 Å². The van der Waals surface area contributed by atoms with Crippen LogP contribution in [0.15, 0.2) is 24.3 Å². The maximum atomic E-state index is 11.9. The molecule has 0 saturated heterocycles. The highest BCUT2D eigenvalue weighted by Crippen LogP contribution is 2.21. The summed E-state index contributed by atoms with van der Waals surface area (Å²) >= 11 is 0. The summed E-state index contributed by atoms with van der Waals surface area (Å²) in [5.41, 5.74) is 1.40. The maximum Gasteiger partial charge on any atom is 0.240 e. The standard InChI is InChI=1S/C14H23N3O4S/c1-16(2)12-5-7-13(8-6-12)17(22(4,19)20)11-14(18)15-9-10-21-3/h5-8H,9-11H2,1-4H3,(H,15,18). The van der Waals surface area contributed by atoms with Gasteiger partial charge in [-0.2, -0.15) is 0 Å². The van der Waals surface area contributed by atoms with Crippen LogP contribution in [0.3, 0.4) is 0 Å². The molecule has 0 aromatic heterocycles. The fourth-order valence-corrected chi connectivity index (χ4v) is 2.65. The van der Waals surface area contributed by atoms with Crippen LogP contribution in [0.2, 0.25) is 0 Å². The van der Waals surface area contributed by atoms with Crippen LogP contribution in [0.4, 0.5) is 11.4 Å². The molecule has 0 saturated carbocycles. The molecule has 1 rings (SSSR count). The highest BCUT2D eigenvalue weighted by molar-refractivity contribution is 7.92. The van der Waals surface area contributed by atoms with Gasteiger partial charge in [0.05, 0.1) is 18.6 Å². The molecule has 0 aliphatic carbocycles. The number of benzene rings is 1. The maximum absolute atomic E-state index is 11.9. The van der Waals surface area contributed by atoms with E-state index < -0.39 is 10.0 Å². The molecule has 0 radical (unpaired) electrons. The van der Waals surface area contributed by atoms with Crippen molar-refractivity contribution in [3.05, 3.63) is 24.3 Å². The lowest BCUT2D eigenvalue weighted by Gasteiger charge is -2.22. The van der Waals surface area contributed by atoms with Crippen molar-refractivity contribution in [3.63, 3.8) is 0 Å². The molecule has 0 unspecified atom stereocenters. The van der Waals surface area contributed by atoms with E-state index >= 15 is 0 Å². The van der Waals surface area contributed by atoms with Crippen molar-refractivity contribution < 1.29 is 17.9 Å². The minimum atomic E-state index is -3.55. The summed E-state index contributed by atoms with van der Waals surface area (Å²) in [5, 5.41) is 2.61. The largest absolute Gasteiger partial charge is 0.383 e. The molecule has 0 atom stereocenters. The lowest BCUT2D eigenvalue weighted by atomic mass is 10.2. The Kier molecular flexibility index (Phi) is 6.63. The van der Waals surface area contributed by atoms with Crippen LogP contribution >= 0.6 is 0 Å². The molecule has 8 heteroatoms. The second kappa shape index (κ2) is 8.00. The number of rotatable bonds is 8. The SMILES string of the molecule is COCCNC(=O)CN(c1ccc(N(C)C)cc1)S(C)(=O)=O. The van der Waals surface area contributed by atoms with Gasteiger partial charge in [-0.3, -0.25) is 9.10 Å². The Balaban J connectivity index is 2.88. The minimum Gasteiger partial charge on any atom is -0.383 e. The van der Waals surface area contributed by atoms with Crippen molar-refractivity contribution in [2.75, 3.05) is 56.4 Å². The van der Waals surface area contributed by atoms with Gasteiger partial charge < -0.3 is 15.0 Å². The van der Waals surface area contributed by atoms with Crippen molar-refractivity contribution in [1.29, 1.82) is 0 Å². The smallest absolute Gasteiger partial charge is 0.240 e. The third kappa shape index (κ3) is 5.53. The number of amides is 1. The summed E-state index contributed by atoms with van der Waals surface area (Å²) < 4.78 is 29.8. The fraction of sp³-hybridized carbons (Fsp3) is 0.500. The highest BCUT2D eigenvalue weighted by Gasteiger charge is 2.20. The van der Waals surface area contributed by atoms with Crippen LogP contribution in [0, 0.1) is 0 Å². The van der Waals surface area contributed by atoms with E-state index in [1.54, 1.807) is 24.3 Å². The Morgan fingerprint density at radius 2 is 1.73 bits per heavy atom. The van der Waals surface area contributed by atoms with Crippen molar-refractivity contribution >= 4 is 27.3 Å². The molecule has 0 bridgehead atoms. The molecule has 1 N–H and O–H groups in total. The molecule has 1 amide bonds. The van der Waals surface area contributed by atoms with Crippen molar-refractivity contribution in [2.45, 2.75) is 0 Å². The van der Waals surface area contributed by atoms with Gasteiger partial charge in [0.1, 0.15) is 6.54 Å². The van der Waals surface area contributed by atoms with Crippen LogP contribution in [-0.2, 0) is 19.6 Å². The number of ether oxygens (including phenoxy) is 1. The lowest BCUT2D eigenvalue weighted by molar-refractivity contribution is -0.119. The van der Waals surface area contributed by atoms with Gasteiger partial charge in [-0.15, -0.1) is 0 Å². The molecule has 0 fully saturated rings. The molecule has 7 nitrogen and oxygen atoms in total. The number of nitrogens with zero attached hydrogens (tertiary/aromatic N) is 2. The molecular weight excluding hydrogens is 306 g/mol. The highest BCUT2D eigenvalue weighted by atomic mass is 32.2. The average Bonchev–Trinajstić information content (AvgIpc) is 2.44. The van der Waals surface area contributed by atoms with E-state index in [0.717, 1.165) is 16.2 Å². The molecule has 124 valence electrons. The second-order valence-corrected chi connectivity index (χ2v) is 6.93. The first kappa shape index (κ1) is 18.2. The number of carbonyl (C=O) groups is 1. The molecular formula is C14H23N3O4S. The summed E-state index contributed by atoms with van der Waals surface area (Å²) in [7, 11) is 1.77. The number of nitrogens with one attached hydrogen (secondary N) is 1. The molecule has 0 aliphatic heterocycles. The summed E-state index contributed by atoms with van der Waals surface area (Å²) in [6.45, 7) is 0.457. The average molecular weight is 329 g/mol. The quantitative estimate of drug-likeness (QED) is 0.693. The van der Waals surface area contributed by atoms with Crippen LogP contribution in [0.1, 0.15) is 0 Å². The van der Waals surface area contributed by atoms with Gasteiger partial charge in [-0.1, -0.05) is 0 Å². The predicted molar refractivity (Wildman–Crippen MR) is 87.8 cm³/mol. The third-order valence-corrected chi connectivity index (χ3v) is 4.11. The Bertz CT molecular complexity index is 585. The molecule has 0 aliphatic rings. The van der Waals surface area contributed by atoms with E-state index in [4.69, 9.17) is 4.74 Å². The molecule has 0 spiro atoms. The van der Waals surface area contributed by atoms with Gasteiger partial charge >= 0.3 is 0 Å². The van der Waals surface area contributed by atoms with Crippen molar-refractivity contribution in [1.82, 2.24) is 5.32 Å². The minimum absolute atomic E-state index is 0.260. The normalized spacial score (nSPS) is 11.1. The Hall–Kier alpha value is -1.80. The first-order valence-corrected chi connectivity index (χ1v) is 8.61. The monoisotopic (exact) mass is 329 g/mol. The second-order valence-electron chi connectivity index (χ2n) is 5.02. The van der Waals surface area contributed by atoms with Gasteiger partial charge in [-0.25, -0.2) is 8.42 Å². The van der Waals surface area contributed by atoms with E-state index in [9.17, 15) is 13.2 Å². The number of hydrogen-bond donors (Lipinski definition) is 1. The van der Waals surface area contributed by atoms with Gasteiger partial charge in [-0.05, 0) is 24.3 Å². The number of anilines is 2. The number of sulfonamides is 1. The van der Waals surface area contributed by atoms with Crippen molar-refractivity contribution in [3.8, 4) is 0 Å².